The van der Waals surface area contributed by atoms with E-state index in [9.17, 15) is 0 Å². The smallest absolute Gasteiger partial charge is 0.225 e. The normalized spacial score (nSPS) is 12.2. The maximum Gasteiger partial charge on any atom is 0.225 e. The number of nitrogen functional groups attached to an aromatic ring is 2. The molecule has 3 aromatic rings. The van der Waals surface area contributed by atoms with Crippen LogP contribution in [0.2, 0.25) is 0 Å². The Kier molecular flexibility index (Phi) is 4.92. The van der Waals surface area contributed by atoms with E-state index < -0.39 is 0 Å². The molecule has 0 bridgehead atoms. The van der Waals surface area contributed by atoms with E-state index in [0.29, 0.717) is 5.82 Å². The van der Waals surface area contributed by atoms with Crippen molar-refractivity contribution in [2.24, 2.45) is 0 Å². The van der Waals surface area contributed by atoms with Crippen LogP contribution in [0.1, 0.15) is 43.7 Å². The predicted molar refractivity (Wildman–Crippen MR) is 98.7 cm³/mol. The average Bonchev–Trinajstić information content (AvgIpc) is 2.97. The molecule has 2 aromatic heterocycles. The summed E-state index contributed by atoms with van der Waals surface area (Å²) in [6.07, 6.45) is 5.00. The van der Waals surface area contributed by atoms with Gasteiger partial charge in [-0.25, -0.2) is 4.98 Å². The Hall–Kier alpha value is -2.96. The number of nitrogens with two attached hydrogens (primary N) is 2. The van der Waals surface area contributed by atoms with Crippen LogP contribution < -0.4 is 11.5 Å². The van der Waals surface area contributed by atoms with Crippen molar-refractivity contribution in [3.8, 4) is 11.4 Å². The molecule has 0 aliphatic carbocycles. The van der Waals surface area contributed by atoms with E-state index in [1.807, 2.05) is 43.5 Å². The summed E-state index contributed by atoms with van der Waals surface area (Å²) in [5.74, 6) is 1.74. The monoisotopic (exact) mass is 337 g/mol. The number of benzene rings is 1. The molecular weight excluding hydrogens is 314 g/mol. The minimum absolute atomic E-state index is 0.0936. The van der Waals surface area contributed by atoms with Crippen molar-refractivity contribution >= 4 is 11.9 Å². The number of imidazole rings is 1. The highest BCUT2D eigenvalue weighted by Crippen LogP contribution is 2.29. The van der Waals surface area contributed by atoms with Gasteiger partial charge in [-0.1, -0.05) is 50.1 Å². The van der Waals surface area contributed by atoms with Gasteiger partial charge in [-0.05, 0) is 13.3 Å². The minimum Gasteiger partial charge on any atom is -0.368 e. The van der Waals surface area contributed by atoms with Crippen LogP contribution in [0.4, 0.5) is 11.9 Å². The lowest BCUT2D eigenvalue weighted by Crippen LogP contribution is -2.17. The molecule has 1 aromatic carbocycles. The maximum absolute atomic E-state index is 5.79. The van der Waals surface area contributed by atoms with Crippen molar-refractivity contribution in [3.63, 3.8) is 0 Å². The maximum atomic E-state index is 5.79. The highest BCUT2D eigenvalue weighted by Gasteiger charge is 2.22. The second kappa shape index (κ2) is 7.29. The van der Waals surface area contributed by atoms with Crippen LogP contribution >= 0.6 is 0 Å². The van der Waals surface area contributed by atoms with Crippen molar-refractivity contribution < 1.29 is 0 Å². The van der Waals surface area contributed by atoms with E-state index in [1.54, 1.807) is 0 Å². The fourth-order valence-corrected chi connectivity index (χ4v) is 2.92. The Balaban J connectivity index is 2.11. The Labute approximate surface area is 147 Å². The third-order valence-corrected chi connectivity index (χ3v) is 4.04. The average molecular weight is 337 g/mol. The zero-order valence-corrected chi connectivity index (χ0v) is 14.6. The van der Waals surface area contributed by atoms with Crippen LogP contribution in [0, 0.1) is 6.92 Å². The standard InChI is InChI=1S/C18H23N7/c1-3-4-10-14(15-22-17(19)24-18(20)23-15)25-11-12(2)21-16(25)13-8-6-5-7-9-13/h5-9,11,14H,3-4,10H2,1-2H3,(H4,19,20,22,23,24). The molecule has 2 heterocycles. The lowest BCUT2D eigenvalue weighted by molar-refractivity contribution is 0.494. The Morgan fingerprint density at radius 2 is 1.68 bits per heavy atom. The molecule has 0 fully saturated rings. The molecule has 0 saturated carbocycles. The van der Waals surface area contributed by atoms with Crippen LogP contribution in [0.5, 0.6) is 0 Å². The first-order valence-electron chi connectivity index (χ1n) is 8.46. The fraction of sp³-hybridized carbons (Fsp3) is 0.333. The predicted octanol–water partition coefficient (Wildman–Crippen LogP) is 2.99. The quantitative estimate of drug-likeness (QED) is 0.716. The van der Waals surface area contributed by atoms with E-state index in [2.05, 4.69) is 26.4 Å². The highest BCUT2D eigenvalue weighted by atomic mass is 15.2. The number of hydrogen-bond acceptors (Lipinski definition) is 6. The van der Waals surface area contributed by atoms with Gasteiger partial charge >= 0.3 is 0 Å². The van der Waals surface area contributed by atoms with Crippen molar-refractivity contribution in [1.82, 2.24) is 24.5 Å². The zero-order chi connectivity index (χ0) is 17.8. The van der Waals surface area contributed by atoms with Gasteiger partial charge in [0.15, 0.2) is 5.82 Å². The third kappa shape index (κ3) is 3.76. The number of unbranched alkanes of at least 4 members (excludes halogenated alkanes) is 1. The van der Waals surface area contributed by atoms with Gasteiger partial charge in [0.05, 0.1) is 11.7 Å². The molecule has 0 aliphatic heterocycles. The van der Waals surface area contributed by atoms with Crippen molar-refractivity contribution in [3.05, 3.63) is 48.0 Å². The molecule has 0 amide bonds. The number of aryl methyl sites for hydroxylation is 1. The summed E-state index contributed by atoms with van der Waals surface area (Å²) in [5.41, 5.74) is 13.6. The molecule has 0 aliphatic rings. The van der Waals surface area contributed by atoms with Crippen LogP contribution in [-0.4, -0.2) is 24.5 Å². The molecule has 4 N–H and O–H groups in total. The van der Waals surface area contributed by atoms with Gasteiger partial charge < -0.3 is 16.0 Å². The molecule has 1 unspecified atom stereocenters. The van der Waals surface area contributed by atoms with E-state index >= 15 is 0 Å². The first-order valence-corrected chi connectivity index (χ1v) is 8.46. The summed E-state index contributed by atoms with van der Waals surface area (Å²) in [6, 6.07) is 10.00. The van der Waals surface area contributed by atoms with Crippen molar-refractivity contribution in [1.29, 1.82) is 0 Å². The summed E-state index contributed by atoms with van der Waals surface area (Å²) in [4.78, 5) is 17.3. The molecule has 0 saturated heterocycles. The van der Waals surface area contributed by atoms with E-state index in [1.165, 1.54) is 0 Å². The molecule has 130 valence electrons. The Morgan fingerprint density at radius 1 is 1.00 bits per heavy atom. The molecule has 7 heteroatoms. The second-order valence-corrected chi connectivity index (χ2v) is 6.05. The zero-order valence-electron chi connectivity index (χ0n) is 14.6. The number of hydrogen-bond donors (Lipinski definition) is 2. The second-order valence-electron chi connectivity index (χ2n) is 6.05. The summed E-state index contributed by atoms with van der Waals surface area (Å²) < 4.78 is 2.12. The summed E-state index contributed by atoms with van der Waals surface area (Å²) >= 11 is 0. The van der Waals surface area contributed by atoms with E-state index in [0.717, 1.165) is 36.3 Å². The first-order chi connectivity index (χ1) is 12.1. The van der Waals surface area contributed by atoms with Gasteiger partial charge in [0.25, 0.3) is 0 Å². The van der Waals surface area contributed by atoms with Gasteiger partial charge in [0.1, 0.15) is 5.82 Å². The van der Waals surface area contributed by atoms with Gasteiger partial charge in [-0.2, -0.15) is 15.0 Å². The SMILES string of the molecule is CCCCC(c1nc(N)nc(N)n1)n1cc(C)nc1-c1ccccc1. The number of anilines is 2. The van der Waals surface area contributed by atoms with Crippen LogP contribution in [0.25, 0.3) is 11.4 Å². The van der Waals surface area contributed by atoms with Gasteiger partial charge in [-0.15, -0.1) is 0 Å². The number of nitrogens with zero attached hydrogens (tertiary/aromatic N) is 5. The molecule has 1 atom stereocenters. The molecular formula is C18H23N7. The fourth-order valence-electron chi connectivity index (χ4n) is 2.92. The molecule has 7 nitrogen and oxygen atoms in total. The highest BCUT2D eigenvalue weighted by molar-refractivity contribution is 5.56. The first kappa shape index (κ1) is 16.9. The number of aromatic nitrogens is 5. The minimum atomic E-state index is -0.0936. The summed E-state index contributed by atoms with van der Waals surface area (Å²) in [6.45, 7) is 4.14. The van der Waals surface area contributed by atoms with Crippen molar-refractivity contribution in [2.45, 2.75) is 39.2 Å². The van der Waals surface area contributed by atoms with E-state index in [4.69, 9.17) is 16.5 Å². The van der Waals surface area contributed by atoms with Crippen LogP contribution in [0.15, 0.2) is 36.5 Å². The van der Waals surface area contributed by atoms with Gasteiger partial charge in [0, 0.05) is 11.8 Å². The molecule has 25 heavy (non-hydrogen) atoms. The lowest BCUT2D eigenvalue weighted by Gasteiger charge is -2.20. The van der Waals surface area contributed by atoms with Crippen molar-refractivity contribution in [2.75, 3.05) is 11.5 Å². The molecule has 3 rings (SSSR count). The summed E-state index contributed by atoms with van der Waals surface area (Å²) in [5, 5.41) is 0. The van der Waals surface area contributed by atoms with Crippen LogP contribution in [-0.2, 0) is 0 Å². The van der Waals surface area contributed by atoms with Gasteiger partial charge in [-0.3, -0.25) is 0 Å². The molecule has 0 radical (unpaired) electrons. The largest absolute Gasteiger partial charge is 0.368 e. The van der Waals surface area contributed by atoms with E-state index in [-0.39, 0.29) is 17.9 Å². The molecule has 0 spiro atoms. The topological polar surface area (TPSA) is 109 Å². The Bertz CT molecular complexity index is 822. The Morgan fingerprint density at radius 3 is 2.32 bits per heavy atom. The lowest BCUT2D eigenvalue weighted by atomic mass is 10.1. The third-order valence-electron chi connectivity index (χ3n) is 4.04. The summed E-state index contributed by atoms with van der Waals surface area (Å²) in [7, 11) is 0. The number of rotatable bonds is 6. The van der Waals surface area contributed by atoms with Crippen LogP contribution in [0.3, 0.4) is 0 Å². The van der Waals surface area contributed by atoms with Gasteiger partial charge in [0.2, 0.25) is 11.9 Å².